The first-order chi connectivity index (χ1) is 20.4. The Morgan fingerprint density at radius 1 is 0.605 bits per heavy atom. The summed E-state index contributed by atoms with van der Waals surface area (Å²) in [6.07, 6.45) is -24.8. The van der Waals surface area contributed by atoms with Crippen molar-refractivity contribution in [2.75, 3.05) is 19.8 Å². The van der Waals surface area contributed by atoms with Crippen molar-refractivity contribution in [2.24, 2.45) is 0 Å². The van der Waals surface area contributed by atoms with Crippen LogP contribution in [0, 0.1) is 6.92 Å². The van der Waals surface area contributed by atoms with E-state index >= 15 is 0 Å². The summed E-state index contributed by atoms with van der Waals surface area (Å²) in [6, 6.07) is 6.70. The molecule has 0 amide bonds. The molecule has 1 aromatic carbocycles. The first-order valence-corrected chi connectivity index (χ1v) is 13.9. The van der Waals surface area contributed by atoms with Crippen molar-refractivity contribution in [1.82, 2.24) is 0 Å². The molecular weight excluding hydrogens is 580 g/mol. The Morgan fingerprint density at radius 2 is 1.05 bits per heavy atom. The maximum atomic E-state index is 12.7. The minimum absolute atomic E-state index is 0.324. The number of rotatable bonds is 10. The van der Waals surface area contributed by atoms with Crippen LogP contribution in [0.15, 0.2) is 24.3 Å². The highest BCUT2D eigenvalue weighted by Gasteiger charge is 2.53. The van der Waals surface area contributed by atoms with Gasteiger partial charge < -0.3 is 74.7 Å². The number of hydrogen-bond donors (Lipinski definition) is 10. The van der Waals surface area contributed by atoms with E-state index in [1.165, 1.54) is 0 Å². The Hall–Kier alpha value is -1.71. The number of ketones is 1. The van der Waals surface area contributed by atoms with Crippen LogP contribution < -0.4 is 0 Å². The molecule has 244 valence electrons. The van der Waals surface area contributed by atoms with Crippen LogP contribution in [0.25, 0.3) is 0 Å². The first-order valence-electron chi connectivity index (χ1n) is 13.9. The molecule has 3 aliphatic heterocycles. The van der Waals surface area contributed by atoms with E-state index in [-0.39, 0.29) is 12.2 Å². The van der Waals surface area contributed by atoms with Crippen molar-refractivity contribution in [1.29, 1.82) is 0 Å². The molecule has 10 N–H and O–H groups in total. The fourth-order valence-corrected chi connectivity index (χ4v) is 5.36. The number of carbonyl (C=O) groups excluding carboxylic acids is 1. The lowest BCUT2D eigenvalue weighted by Crippen LogP contribution is -2.66. The van der Waals surface area contributed by atoms with Crippen LogP contribution in [-0.2, 0) is 23.7 Å². The van der Waals surface area contributed by atoms with Crippen molar-refractivity contribution in [3.63, 3.8) is 0 Å². The van der Waals surface area contributed by atoms with Gasteiger partial charge in [-0.15, -0.1) is 0 Å². The number of aliphatic hydroxyl groups is 10. The van der Waals surface area contributed by atoms with Crippen LogP contribution in [0.5, 0.6) is 0 Å². The lowest BCUT2D eigenvalue weighted by atomic mass is 9.91. The molecule has 0 radical (unpaired) electrons. The monoisotopic (exact) mass is 620 g/mol. The van der Waals surface area contributed by atoms with Crippen LogP contribution in [0.4, 0.5) is 0 Å². The van der Waals surface area contributed by atoms with Crippen molar-refractivity contribution < 1.29 is 79.5 Å². The highest BCUT2D eigenvalue weighted by Crippen LogP contribution is 2.33. The molecule has 0 saturated carbocycles. The molecule has 0 aromatic heterocycles. The minimum Gasteiger partial charge on any atom is -0.394 e. The van der Waals surface area contributed by atoms with Crippen molar-refractivity contribution in [3.8, 4) is 0 Å². The SMILES string of the molecule is Cc1ccc(C(=O)C[C@@H]2OC(CO)[C@@H](O[C@H]3OC(CO)[C@@H](O[C@H]4OC(CO)[C@@H](O)[C@H](O)C4O)[C@H](O)C3O)[C@H](O)C2O)cc1. The van der Waals surface area contributed by atoms with Gasteiger partial charge in [-0.1, -0.05) is 29.8 Å². The van der Waals surface area contributed by atoms with Gasteiger partial charge in [-0.05, 0) is 6.92 Å². The van der Waals surface area contributed by atoms with E-state index in [2.05, 4.69) is 0 Å². The molecule has 3 saturated heterocycles. The van der Waals surface area contributed by atoms with E-state index in [0.29, 0.717) is 5.56 Å². The van der Waals surface area contributed by atoms with Gasteiger partial charge in [0.1, 0.15) is 73.2 Å². The number of aliphatic hydroxyl groups excluding tert-OH is 10. The third-order valence-corrected chi connectivity index (χ3v) is 7.98. The van der Waals surface area contributed by atoms with Gasteiger partial charge in [0, 0.05) is 12.0 Å². The molecule has 6 unspecified atom stereocenters. The summed E-state index contributed by atoms with van der Waals surface area (Å²) in [4.78, 5) is 12.7. The third-order valence-electron chi connectivity index (χ3n) is 7.98. The van der Waals surface area contributed by atoms with Gasteiger partial charge in [-0.3, -0.25) is 4.79 Å². The average molecular weight is 621 g/mol. The molecule has 3 heterocycles. The van der Waals surface area contributed by atoms with Crippen LogP contribution in [0.1, 0.15) is 22.3 Å². The van der Waals surface area contributed by atoms with Crippen molar-refractivity contribution in [2.45, 2.75) is 105 Å². The number of carbonyl (C=O) groups is 1. The topological polar surface area (TPSA) is 266 Å². The summed E-state index contributed by atoms with van der Waals surface area (Å²) >= 11 is 0. The van der Waals surface area contributed by atoms with E-state index in [0.717, 1.165) is 5.56 Å². The lowest BCUT2D eigenvalue weighted by molar-refractivity contribution is -0.372. The third kappa shape index (κ3) is 7.25. The predicted molar refractivity (Wildman–Crippen MR) is 139 cm³/mol. The summed E-state index contributed by atoms with van der Waals surface area (Å²) in [5, 5.41) is 103. The normalized spacial score (nSPS) is 43.8. The quantitative estimate of drug-likeness (QED) is 0.110. The van der Waals surface area contributed by atoms with Crippen LogP contribution >= 0.6 is 0 Å². The number of hydrogen-bond acceptors (Lipinski definition) is 16. The van der Waals surface area contributed by atoms with E-state index in [1.807, 2.05) is 6.92 Å². The Labute approximate surface area is 246 Å². The molecular formula is C27H40O16. The summed E-state index contributed by atoms with van der Waals surface area (Å²) in [7, 11) is 0. The van der Waals surface area contributed by atoms with Crippen LogP contribution in [0.2, 0.25) is 0 Å². The summed E-state index contributed by atoms with van der Waals surface area (Å²) < 4.78 is 27.7. The number of aryl methyl sites for hydroxylation is 1. The second-order valence-electron chi connectivity index (χ2n) is 11.0. The van der Waals surface area contributed by atoms with Gasteiger partial charge in [0.2, 0.25) is 0 Å². The smallest absolute Gasteiger partial charge is 0.187 e. The minimum atomic E-state index is -1.93. The zero-order valence-corrected chi connectivity index (χ0v) is 23.2. The highest BCUT2D eigenvalue weighted by atomic mass is 16.7. The standard InChI is InChI=1S/C27H40O16/c1-10-2-4-11(5-3-10)12(31)6-13-17(32)20(35)24(15(8-29)39-13)42-27-23(38)21(36)25(16(9-30)41-27)43-26-22(37)19(34)18(33)14(7-28)40-26/h2-5,13-30,32-38H,6-9H2,1H3/t13-,14?,15?,16?,17?,18+,19-,20+,21+,22?,23?,24+,25+,26+,27+/m0/s1. The first kappa shape index (κ1) is 34.2. The molecule has 43 heavy (non-hydrogen) atoms. The molecule has 3 aliphatic rings. The Morgan fingerprint density at radius 3 is 1.58 bits per heavy atom. The average Bonchev–Trinajstić information content (AvgIpc) is 3.00. The van der Waals surface area contributed by atoms with Gasteiger partial charge in [0.05, 0.1) is 25.9 Å². The molecule has 0 spiro atoms. The zero-order chi connectivity index (χ0) is 31.6. The second-order valence-corrected chi connectivity index (χ2v) is 11.0. The Bertz CT molecular complexity index is 1040. The lowest BCUT2D eigenvalue weighted by Gasteiger charge is -2.48. The fourth-order valence-electron chi connectivity index (χ4n) is 5.36. The van der Waals surface area contributed by atoms with E-state index in [9.17, 15) is 55.9 Å². The second kappa shape index (κ2) is 14.6. The molecule has 3 fully saturated rings. The molecule has 16 nitrogen and oxygen atoms in total. The maximum absolute atomic E-state index is 12.7. The maximum Gasteiger partial charge on any atom is 0.187 e. The number of ether oxygens (including phenoxy) is 5. The molecule has 0 aliphatic carbocycles. The fraction of sp³-hybridized carbons (Fsp3) is 0.741. The Balaban J connectivity index is 1.42. The van der Waals surface area contributed by atoms with Gasteiger partial charge in [0.25, 0.3) is 0 Å². The Kier molecular flexibility index (Phi) is 11.6. The molecule has 4 rings (SSSR count). The number of benzene rings is 1. The van der Waals surface area contributed by atoms with Gasteiger partial charge >= 0.3 is 0 Å². The van der Waals surface area contributed by atoms with Gasteiger partial charge in [-0.2, -0.15) is 0 Å². The van der Waals surface area contributed by atoms with Gasteiger partial charge in [-0.25, -0.2) is 0 Å². The molecule has 15 atom stereocenters. The van der Waals surface area contributed by atoms with E-state index in [4.69, 9.17) is 23.7 Å². The predicted octanol–water partition coefficient (Wildman–Crippen LogP) is -4.94. The largest absolute Gasteiger partial charge is 0.394 e. The van der Waals surface area contributed by atoms with E-state index < -0.39 is 112 Å². The molecule has 1 aromatic rings. The van der Waals surface area contributed by atoms with Crippen molar-refractivity contribution in [3.05, 3.63) is 35.4 Å². The summed E-state index contributed by atoms with van der Waals surface area (Å²) in [5.41, 5.74) is 1.30. The zero-order valence-electron chi connectivity index (χ0n) is 23.2. The van der Waals surface area contributed by atoms with Crippen molar-refractivity contribution >= 4 is 5.78 Å². The van der Waals surface area contributed by atoms with E-state index in [1.54, 1.807) is 24.3 Å². The molecule has 16 heteroatoms. The van der Waals surface area contributed by atoms with Crippen LogP contribution in [0.3, 0.4) is 0 Å². The van der Waals surface area contributed by atoms with Gasteiger partial charge in [0.15, 0.2) is 18.4 Å². The van der Waals surface area contributed by atoms with Crippen LogP contribution in [-0.4, -0.2) is 169 Å². The summed E-state index contributed by atoms with van der Waals surface area (Å²) in [5.74, 6) is -0.377. The summed E-state index contributed by atoms with van der Waals surface area (Å²) in [6.45, 7) is -0.459. The highest BCUT2D eigenvalue weighted by molar-refractivity contribution is 5.96. The number of Topliss-reactive ketones (excluding diaryl/α,β-unsaturated/α-hetero) is 1. The molecule has 0 bridgehead atoms.